The van der Waals surface area contributed by atoms with E-state index in [1.807, 2.05) is 42.5 Å². The molecule has 0 fully saturated rings. The fraction of sp³-hybridized carbons (Fsp3) is 0.318. The molecule has 2 aromatic rings. The zero-order valence-corrected chi connectivity index (χ0v) is 16.3. The summed E-state index contributed by atoms with van der Waals surface area (Å²) in [6, 6.07) is 14.8. The summed E-state index contributed by atoms with van der Waals surface area (Å²) in [6.45, 7) is -0.0604. The molecule has 1 N–H and O–H groups in total. The summed E-state index contributed by atoms with van der Waals surface area (Å²) >= 11 is 0. The van der Waals surface area contributed by atoms with Gasteiger partial charge in [0.05, 0.1) is 13.5 Å². The molecule has 2 aromatic carbocycles. The number of nitrogens with one attached hydrogen (secondary N) is 1. The molecule has 7 heteroatoms. The number of carbonyl (C=O) groups excluding carboxylic acids is 3. The Balaban J connectivity index is 1.46. The number of amides is 2. The van der Waals surface area contributed by atoms with Crippen LogP contribution in [-0.4, -0.2) is 44.6 Å². The van der Waals surface area contributed by atoms with Crippen molar-refractivity contribution in [2.45, 2.75) is 19.3 Å². The number of benzene rings is 2. The standard InChI is InChI=1S/C22H24N2O5/c1-28-18-9-10-19-17(13-18)8-5-11-24(19)21(26)15-29-22(27)14-23-20(25)12-16-6-3-2-4-7-16/h2-4,6-7,9-10,13H,5,8,11-12,14-15H2,1H3,(H,23,25). The highest BCUT2D eigenvalue weighted by Crippen LogP contribution is 2.30. The largest absolute Gasteiger partial charge is 0.497 e. The Morgan fingerprint density at radius 3 is 2.66 bits per heavy atom. The Labute approximate surface area is 169 Å². The molecule has 1 heterocycles. The van der Waals surface area contributed by atoms with Crippen LogP contribution in [0.5, 0.6) is 5.75 Å². The Kier molecular flexibility index (Phi) is 6.84. The lowest BCUT2D eigenvalue weighted by Crippen LogP contribution is -2.39. The number of hydrogen-bond acceptors (Lipinski definition) is 5. The van der Waals surface area contributed by atoms with Crippen LogP contribution in [-0.2, 0) is 32.0 Å². The molecule has 3 rings (SSSR count). The topological polar surface area (TPSA) is 84.9 Å². The van der Waals surface area contributed by atoms with Crippen LogP contribution < -0.4 is 15.0 Å². The minimum atomic E-state index is -0.647. The molecular weight excluding hydrogens is 372 g/mol. The van der Waals surface area contributed by atoms with E-state index in [1.165, 1.54) is 0 Å². The van der Waals surface area contributed by atoms with Crippen LogP contribution in [0.1, 0.15) is 17.5 Å². The first-order chi connectivity index (χ1) is 14.1. The lowest BCUT2D eigenvalue weighted by atomic mass is 10.0. The number of anilines is 1. The molecular formula is C22H24N2O5. The van der Waals surface area contributed by atoms with Crippen LogP contribution in [0.2, 0.25) is 0 Å². The first-order valence-corrected chi connectivity index (χ1v) is 9.50. The fourth-order valence-corrected chi connectivity index (χ4v) is 3.25. The molecule has 152 valence electrons. The Morgan fingerprint density at radius 1 is 1.10 bits per heavy atom. The Hall–Kier alpha value is -3.35. The van der Waals surface area contributed by atoms with Gasteiger partial charge in [0.25, 0.3) is 5.91 Å². The normalized spacial score (nSPS) is 12.7. The minimum absolute atomic E-state index is 0.182. The molecule has 0 saturated carbocycles. The second-order valence-corrected chi connectivity index (χ2v) is 6.74. The van der Waals surface area contributed by atoms with Crippen molar-refractivity contribution >= 4 is 23.5 Å². The van der Waals surface area contributed by atoms with E-state index < -0.39 is 5.97 Å². The molecule has 0 spiro atoms. The molecule has 7 nitrogen and oxygen atoms in total. The van der Waals surface area contributed by atoms with E-state index >= 15 is 0 Å². The van der Waals surface area contributed by atoms with Crippen molar-refractivity contribution in [2.75, 3.05) is 31.7 Å². The maximum absolute atomic E-state index is 12.5. The Bertz CT molecular complexity index is 882. The molecule has 0 atom stereocenters. The summed E-state index contributed by atoms with van der Waals surface area (Å²) in [5.74, 6) is -0.471. The molecule has 2 amide bonds. The summed E-state index contributed by atoms with van der Waals surface area (Å²) in [6.07, 6.45) is 1.88. The minimum Gasteiger partial charge on any atom is -0.497 e. The maximum atomic E-state index is 12.5. The summed E-state index contributed by atoms with van der Waals surface area (Å²) in [7, 11) is 1.60. The smallest absolute Gasteiger partial charge is 0.325 e. The summed E-state index contributed by atoms with van der Waals surface area (Å²) in [5.41, 5.74) is 2.70. The van der Waals surface area contributed by atoms with E-state index in [1.54, 1.807) is 18.1 Å². The molecule has 0 aliphatic carbocycles. The third-order valence-corrected chi connectivity index (χ3v) is 4.70. The number of ether oxygens (including phenoxy) is 2. The summed E-state index contributed by atoms with van der Waals surface area (Å²) in [5, 5.41) is 2.51. The van der Waals surface area contributed by atoms with Gasteiger partial charge in [-0.1, -0.05) is 30.3 Å². The van der Waals surface area contributed by atoms with Crippen molar-refractivity contribution in [1.29, 1.82) is 0 Å². The van der Waals surface area contributed by atoms with E-state index in [0.29, 0.717) is 6.54 Å². The number of hydrogen-bond donors (Lipinski definition) is 1. The second-order valence-electron chi connectivity index (χ2n) is 6.74. The number of rotatable bonds is 7. The van der Waals surface area contributed by atoms with Gasteiger partial charge in [-0.2, -0.15) is 0 Å². The van der Waals surface area contributed by atoms with Gasteiger partial charge in [-0.05, 0) is 42.2 Å². The molecule has 1 aliphatic rings. The van der Waals surface area contributed by atoms with Gasteiger partial charge in [0.15, 0.2) is 6.61 Å². The third kappa shape index (κ3) is 5.57. The van der Waals surface area contributed by atoms with Crippen LogP contribution in [0.4, 0.5) is 5.69 Å². The van der Waals surface area contributed by atoms with E-state index in [4.69, 9.17) is 9.47 Å². The van der Waals surface area contributed by atoms with Crippen molar-refractivity contribution in [2.24, 2.45) is 0 Å². The first-order valence-electron chi connectivity index (χ1n) is 9.50. The number of fused-ring (bicyclic) bond motifs is 1. The van der Waals surface area contributed by atoms with Gasteiger partial charge in [0, 0.05) is 12.2 Å². The number of esters is 1. The van der Waals surface area contributed by atoms with Gasteiger partial charge in [0.1, 0.15) is 12.3 Å². The van der Waals surface area contributed by atoms with Crippen molar-refractivity contribution in [3.8, 4) is 5.75 Å². The summed E-state index contributed by atoms with van der Waals surface area (Å²) < 4.78 is 10.3. The predicted octanol–water partition coefficient (Wildman–Crippen LogP) is 1.88. The predicted molar refractivity (Wildman–Crippen MR) is 108 cm³/mol. The monoisotopic (exact) mass is 396 g/mol. The molecule has 0 radical (unpaired) electrons. The van der Waals surface area contributed by atoms with Gasteiger partial charge >= 0.3 is 5.97 Å². The maximum Gasteiger partial charge on any atom is 0.325 e. The lowest BCUT2D eigenvalue weighted by Gasteiger charge is -2.29. The van der Waals surface area contributed by atoms with E-state index in [0.717, 1.165) is 35.4 Å². The van der Waals surface area contributed by atoms with Crippen molar-refractivity contribution in [3.05, 3.63) is 59.7 Å². The first kappa shape index (κ1) is 20.4. The van der Waals surface area contributed by atoms with Gasteiger partial charge < -0.3 is 19.7 Å². The van der Waals surface area contributed by atoms with Gasteiger partial charge in [-0.25, -0.2) is 0 Å². The molecule has 0 saturated heterocycles. The van der Waals surface area contributed by atoms with Crippen molar-refractivity contribution < 1.29 is 23.9 Å². The van der Waals surface area contributed by atoms with Crippen LogP contribution in [0.25, 0.3) is 0 Å². The van der Waals surface area contributed by atoms with Gasteiger partial charge in [-0.15, -0.1) is 0 Å². The van der Waals surface area contributed by atoms with Crippen LogP contribution in [0.3, 0.4) is 0 Å². The molecule has 0 unspecified atom stereocenters. The molecule has 1 aliphatic heterocycles. The molecule has 29 heavy (non-hydrogen) atoms. The number of aryl methyl sites for hydroxylation is 1. The highest BCUT2D eigenvalue weighted by molar-refractivity contribution is 5.96. The van der Waals surface area contributed by atoms with E-state index in [9.17, 15) is 14.4 Å². The second kappa shape index (κ2) is 9.73. The van der Waals surface area contributed by atoms with Crippen LogP contribution >= 0.6 is 0 Å². The van der Waals surface area contributed by atoms with Gasteiger partial charge in [-0.3, -0.25) is 14.4 Å². The molecule has 0 bridgehead atoms. The number of carbonyl (C=O) groups is 3. The summed E-state index contributed by atoms with van der Waals surface area (Å²) in [4.78, 5) is 37.9. The quantitative estimate of drug-likeness (QED) is 0.723. The zero-order chi connectivity index (χ0) is 20.6. The van der Waals surface area contributed by atoms with Crippen LogP contribution in [0.15, 0.2) is 48.5 Å². The van der Waals surface area contributed by atoms with Crippen molar-refractivity contribution in [1.82, 2.24) is 5.32 Å². The van der Waals surface area contributed by atoms with Gasteiger partial charge in [0.2, 0.25) is 5.91 Å². The Morgan fingerprint density at radius 2 is 1.90 bits per heavy atom. The third-order valence-electron chi connectivity index (χ3n) is 4.70. The van der Waals surface area contributed by atoms with Crippen LogP contribution in [0, 0.1) is 0 Å². The zero-order valence-electron chi connectivity index (χ0n) is 16.3. The number of nitrogens with zero attached hydrogens (tertiary/aromatic N) is 1. The lowest BCUT2D eigenvalue weighted by molar-refractivity contribution is -0.147. The van der Waals surface area contributed by atoms with Crippen molar-refractivity contribution in [3.63, 3.8) is 0 Å². The van der Waals surface area contributed by atoms with E-state index in [2.05, 4.69) is 5.32 Å². The molecule has 0 aromatic heterocycles. The average molecular weight is 396 g/mol. The van der Waals surface area contributed by atoms with E-state index in [-0.39, 0.29) is 31.4 Å². The highest BCUT2D eigenvalue weighted by atomic mass is 16.5. The average Bonchev–Trinajstić information content (AvgIpc) is 2.75. The highest BCUT2D eigenvalue weighted by Gasteiger charge is 2.23. The number of methoxy groups -OCH3 is 1. The fourth-order valence-electron chi connectivity index (χ4n) is 3.25. The SMILES string of the molecule is COc1ccc2c(c1)CCCN2C(=O)COC(=O)CNC(=O)Cc1ccccc1.